The van der Waals surface area contributed by atoms with Crippen molar-refractivity contribution in [2.75, 3.05) is 20.1 Å². The molecular formula is C13H21BrN2O2S2. The van der Waals surface area contributed by atoms with E-state index in [1.165, 1.54) is 11.3 Å². The Labute approximate surface area is 133 Å². The smallest absolute Gasteiger partial charge is 0.245 e. The van der Waals surface area contributed by atoms with E-state index < -0.39 is 10.0 Å². The Morgan fingerprint density at radius 2 is 2.20 bits per heavy atom. The Bertz CT molecular complexity index is 557. The Hall–Kier alpha value is 0.0500. The lowest BCUT2D eigenvalue weighted by Gasteiger charge is -2.19. The van der Waals surface area contributed by atoms with Gasteiger partial charge in [-0.2, -0.15) is 4.31 Å². The maximum Gasteiger partial charge on any atom is 0.245 e. The molecule has 20 heavy (non-hydrogen) atoms. The zero-order valence-corrected chi connectivity index (χ0v) is 15.1. The van der Waals surface area contributed by atoms with Crippen molar-refractivity contribution in [3.05, 3.63) is 14.7 Å². The normalized spacial score (nSPS) is 21.9. The summed E-state index contributed by atoms with van der Waals surface area (Å²) in [5.74, 6) is 0.612. The average Bonchev–Trinajstić information content (AvgIpc) is 2.61. The van der Waals surface area contributed by atoms with Gasteiger partial charge in [-0.3, -0.25) is 0 Å². The second kappa shape index (κ2) is 6.87. The molecule has 0 spiro atoms. The number of sulfonamides is 1. The topological polar surface area (TPSA) is 49.4 Å². The molecule has 4 nitrogen and oxygen atoms in total. The molecule has 1 aliphatic rings. The molecule has 1 saturated heterocycles. The van der Waals surface area contributed by atoms with Crippen LogP contribution in [0, 0.1) is 5.92 Å². The highest BCUT2D eigenvalue weighted by atomic mass is 79.9. The molecule has 0 aliphatic carbocycles. The van der Waals surface area contributed by atoms with E-state index in [0.717, 1.165) is 24.1 Å². The molecular weight excluding hydrogens is 360 g/mol. The van der Waals surface area contributed by atoms with Crippen molar-refractivity contribution in [1.29, 1.82) is 0 Å². The minimum Gasteiger partial charge on any atom is -0.315 e. The van der Waals surface area contributed by atoms with Gasteiger partial charge in [0.05, 0.1) is 3.79 Å². The number of hydrogen-bond donors (Lipinski definition) is 1. The molecule has 0 aromatic carbocycles. The third-order valence-corrected chi connectivity index (χ3v) is 7.80. The zero-order valence-electron chi connectivity index (χ0n) is 11.9. The van der Waals surface area contributed by atoms with E-state index in [1.807, 2.05) is 7.05 Å². The van der Waals surface area contributed by atoms with Crippen molar-refractivity contribution >= 4 is 37.3 Å². The number of nitrogens with zero attached hydrogens (tertiary/aromatic N) is 1. The Morgan fingerprint density at radius 3 is 2.90 bits per heavy atom. The highest BCUT2D eigenvalue weighted by molar-refractivity contribution is 9.11. The third kappa shape index (κ3) is 3.62. The fourth-order valence-electron chi connectivity index (χ4n) is 2.45. The summed E-state index contributed by atoms with van der Waals surface area (Å²) in [6, 6.07) is 1.79. The van der Waals surface area contributed by atoms with Crippen LogP contribution in [0.1, 0.15) is 31.1 Å². The molecule has 0 amide bonds. The van der Waals surface area contributed by atoms with Crippen LogP contribution >= 0.6 is 27.3 Å². The van der Waals surface area contributed by atoms with E-state index in [9.17, 15) is 8.42 Å². The molecule has 0 bridgehead atoms. The van der Waals surface area contributed by atoms with Crippen LogP contribution in [-0.4, -0.2) is 32.9 Å². The molecule has 2 rings (SSSR count). The number of nitrogens with one attached hydrogen (secondary N) is 1. The van der Waals surface area contributed by atoms with Crippen LogP contribution in [0.2, 0.25) is 0 Å². The molecule has 1 unspecified atom stereocenters. The minimum atomic E-state index is -3.37. The summed E-state index contributed by atoms with van der Waals surface area (Å²) in [5, 5.41) is 3.05. The van der Waals surface area contributed by atoms with Crippen molar-refractivity contribution in [1.82, 2.24) is 9.62 Å². The molecule has 1 fully saturated rings. The summed E-state index contributed by atoms with van der Waals surface area (Å²) in [6.45, 7) is 4.15. The van der Waals surface area contributed by atoms with E-state index in [1.54, 1.807) is 10.4 Å². The first-order chi connectivity index (χ1) is 9.45. The summed E-state index contributed by atoms with van der Waals surface area (Å²) in [7, 11) is -1.51. The molecule has 1 aromatic rings. The van der Waals surface area contributed by atoms with E-state index in [0.29, 0.717) is 34.2 Å². The van der Waals surface area contributed by atoms with Gasteiger partial charge in [-0.15, -0.1) is 11.3 Å². The lowest BCUT2D eigenvalue weighted by Crippen LogP contribution is -2.32. The second-order valence-corrected chi connectivity index (χ2v) is 9.68. The van der Waals surface area contributed by atoms with Gasteiger partial charge in [-0.1, -0.05) is 6.92 Å². The first-order valence-corrected chi connectivity index (χ1v) is 9.93. The van der Waals surface area contributed by atoms with Gasteiger partial charge >= 0.3 is 0 Å². The van der Waals surface area contributed by atoms with Crippen molar-refractivity contribution < 1.29 is 8.42 Å². The van der Waals surface area contributed by atoms with Crippen molar-refractivity contribution in [2.24, 2.45) is 5.92 Å². The fraction of sp³-hybridized carbons (Fsp3) is 0.692. The third-order valence-electron chi connectivity index (χ3n) is 3.65. The van der Waals surface area contributed by atoms with Crippen LogP contribution in [0.25, 0.3) is 0 Å². The Kier molecular flexibility index (Phi) is 5.64. The lowest BCUT2D eigenvalue weighted by atomic mass is 10.0. The van der Waals surface area contributed by atoms with Crippen LogP contribution in [0.5, 0.6) is 0 Å². The SMILES string of the molecule is CNCc1cc(S(=O)(=O)N2CCCC(C)CC2)c(Br)s1. The predicted molar refractivity (Wildman–Crippen MR) is 86.6 cm³/mol. The molecule has 114 valence electrons. The largest absolute Gasteiger partial charge is 0.315 e. The van der Waals surface area contributed by atoms with E-state index in [2.05, 4.69) is 28.2 Å². The first kappa shape index (κ1) is 16.4. The summed E-state index contributed by atoms with van der Waals surface area (Å²) >= 11 is 4.89. The summed E-state index contributed by atoms with van der Waals surface area (Å²) in [5.41, 5.74) is 0. The van der Waals surface area contributed by atoms with E-state index >= 15 is 0 Å². The summed E-state index contributed by atoms with van der Waals surface area (Å²) in [4.78, 5) is 1.45. The van der Waals surface area contributed by atoms with Crippen molar-refractivity contribution in [2.45, 2.75) is 37.6 Å². The van der Waals surface area contributed by atoms with Crippen molar-refractivity contribution in [3.63, 3.8) is 0 Å². The zero-order chi connectivity index (χ0) is 14.8. The first-order valence-electron chi connectivity index (χ1n) is 6.88. The van der Waals surface area contributed by atoms with Gasteiger partial charge < -0.3 is 5.32 Å². The molecule has 2 heterocycles. The van der Waals surface area contributed by atoms with E-state index in [4.69, 9.17) is 0 Å². The predicted octanol–water partition coefficient (Wildman–Crippen LogP) is 3.04. The standard InChI is InChI=1S/C13H21BrN2O2S2/c1-10-4-3-6-16(7-5-10)20(17,18)12-8-11(9-15-2)19-13(12)14/h8,10,15H,3-7,9H2,1-2H3. The van der Waals surface area contributed by atoms with Gasteiger partial charge in [0.15, 0.2) is 0 Å². The van der Waals surface area contributed by atoms with Crippen LogP contribution in [-0.2, 0) is 16.6 Å². The van der Waals surface area contributed by atoms with Gasteiger partial charge in [0, 0.05) is 24.5 Å². The molecule has 0 saturated carbocycles. The van der Waals surface area contributed by atoms with Gasteiger partial charge in [-0.05, 0) is 54.2 Å². The molecule has 0 radical (unpaired) electrons. The molecule has 1 aliphatic heterocycles. The maximum absolute atomic E-state index is 12.8. The lowest BCUT2D eigenvalue weighted by molar-refractivity contribution is 0.416. The van der Waals surface area contributed by atoms with Crippen LogP contribution < -0.4 is 5.32 Å². The maximum atomic E-state index is 12.8. The van der Waals surface area contributed by atoms with E-state index in [-0.39, 0.29) is 0 Å². The number of hydrogen-bond acceptors (Lipinski definition) is 4. The quantitative estimate of drug-likeness (QED) is 0.872. The fourth-order valence-corrected chi connectivity index (χ4v) is 6.59. The monoisotopic (exact) mass is 380 g/mol. The highest BCUT2D eigenvalue weighted by Gasteiger charge is 2.29. The Balaban J connectivity index is 2.25. The highest BCUT2D eigenvalue weighted by Crippen LogP contribution is 2.34. The Morgan fingerprint density at radius 1 is 1.45 bits per heavy atom. The number of thiophene rings is 1. The van der Waals surface area contributed by atoms with Crippen molar-refractivity contribution in [3.8, 4) is 0 Å². The minimum absolute atomic E-state index is 0.419. The second-order valence-electron chi connectivity index (χ2n) is 5.32. The van der Waals surface area contributed by atoms with Gasteiger partial charge in [0.2, 0.25) is 10.0 Å². The molecule has 1 aromatic heterocycles. The molecule has 1 atom stereocenters. The summed E-state index contributed by atoms with van der Waals surface area (Å²) in [6.07, 6.45) is 3.01. The molecule has 1 N–H and O–H groups in total. The van der Waals surface area contributed by atoms with Crippen LogP contribution in [0.3, 0.4) is 0 Å². The van der Waals surface area contributed by atoms with Gasteiger partial charge in [0.25, 0.3) is 0 Å². The van der Waals surface area contributed by atoms with Gasteiger partial charge in [-0.25, -0.2) is 8.42 Å². The van der Waals surface area contributed by atoms with Crippen LogP contribution in [0.4, 0.5) is 0 Å². The molecule has 7 heteroatoms. The number of halogens is 1. The average molecular weight is 381 g/mol. The number of rotatable bonds is 4. The summed E-state index contributed by atoms with van der Waals surface area (Å²) < 4.78 is 27.9. The van der Waals surface area contributed by atoms with Crippen LogP contribution in [0.15, 0.2) is 14.7 Å². The van der Waals surface area contributed by atoms with Gasteiger partial charge in [0.1, 0.15) is 4.90 Å².